The van der Waals surface area contributed by atoms with Crippen LogP contribution < -0.4 is 27.0 Å². The van der Waals surface area contributed by atoms with Gasteiger partial charge in [0.2, 0.25) is 23.6 Å². The molecule has 0 radical (unpaired) electrons. The maximum atomic E-state index is 12.4. The van der Waals surface area contributed by atoms with E-state index in [-0.39, 0.29) is 115 Å². The van der Waals surface area contributed by atoms with Crippen molar-refractivity contribution >= 4 is 35.6 Å². The first-order valence-corrected chi connectivity index (χ1v) is 20.1. The lowest BCUT2D eigenvalue weighted by Crippen LogP contribution is -2.41. The highest BCUT2D eigenvalue weighted by molar-refractivity contribution is 5.84. The predicted molar refractivity (Wildman–Crippen MR) is 209 cm³/mol. The molecule has 2 unspecified atom stereocenters. The Hall–Kier alpha value is -3.51. The molecule has 2 atom stereocenters. The number of nitrogens with two attached hydrogens (primary N) is 1. The molecule has 0 aromatic carbocycles. The van der Waals surface area contributed by atoms with Crippen LogP contribution in [0, 0.1) is 0 Å². The monoisotopic (exact) mass is 804 g/mol. The van der Waals surface area contributed by atoms with Gasteiger partial charge in [-0.2, -0.15) is 4.39 Å². The summed E-state index contributed by atoms with van der Waals surface area (Å²) >= 11 is 0. The fourth-order valence-corrected chi connectivity index (χ4v) is 5.24. The number of unbranched alkanes of at least 4 members (excludes halogenated alkanes) is 10. The van der Waals surface area contributed by atoms with E-state index < -0.39 is 24.1 Å². The molecule has 17 heteroatoms. The van der Waals surface area contributed by atoms with E-state index in [1.807, 2.05) is 0 Å². The zero-order valence-electron chi connectivity index (χ0n) is 33.6. The Kier molecular flexibility index (Phi) is 34.8. The zero-order chi connectivity index (χ0) is 41.7. The average molecular weight is 804 g/mol. The van der Waals surface area contributed by atoms with E-state index in [1.165, 1.54) is 44.1 Å². The van der Waals surface area contributed by atoms with E-state index in [9.17, 15) is 38.3 Å². The van der Waals surface area contributed by atoms with Gasteiger partial charge in [-0.3, -0.25) is 24.0 Å². The first-order valence-electron chi connectivity index (χ1n) is 20.1. The number of carboxylic acids is 1. The summed E-state index contributed by atoms with van der Waals surface area (Å²) in [5.74, 6) is -2.49. The molecule has 0 aromatic heterocycles. The van der Waals surface area contributed by atoms with Crippen LogP contribution in [-0.2, 0) is 47.7 Å². The van der Waals surface area contributed by atoms with Gasteiger partial charge in [-0.25, -0.2) is 4.79 Å². The SMILES string of the molecule is C=C(C)CCCCCCCCCCCCC(=O)NC(CCC(=O)NCCOCCOCC(=O)NCCOCCOCC(=O)NCCCCC(N)C(=O)F)C(=O)O. The molecule has 0 heterocycles. The van der Waals surface area contributed by atoms with Crippen molar-refractivity contribution in [1.29, 1.82) is 0 Å². The summed E-state index contributed by atoms with van der Waals surface area (Å²) in [6.07, 6.45) is 13.9. The quantitative estimate of drug-likeness (QED) is 0.0298. The van der Waals surface area contributed by atoms with Crippen LogP contribution in [0.15, 0.2) is 12.2 Å². The van der Waals surface area contributed by atoms with Crippen molar-refractivity contribution in [2.45, 2.75) is 128 Å². The number of amides is 4. The summed E-state index contributed by atoms with van der Waals surface area (Å²) in [5, 5.41) is 19.9. The third-order valence-corrected chi connectivity index (χ3v) is 8.45. The molecule has 0 saturated carbocycles. The molecule has 0 rings (SSSR count). The third kappa shape index (κ3) is 36.1. The van der Waals surface area contributed by atoms with Gasteiger partial charge < -0.3 is 51.1 Å². The number of carbonyl (C=O) groups is 6. The van der Waals surface area contributed by atoms with Gasteiger partial charge in [-0.1, -0.05) is 56.9 Å². The number of allylic oxidation sites excluding steroid dienone is 1. The number of rotatable bonds is 40. The lowest BCUT2D eigenvalue weighted by atomic mass is 10.0. The minimum Gasteiger partial charge on any atom is -0.480 e. The van der Waals surface area contributed by atoms with Gasteiger partial charge in [0, 0.05) is 32.5 Å². The predicted octanol–water partition coefficient (Wildman–Crippen LogP) is 3.00. The Morgan fingerprint density at radius 2 is 1.04 bits per heavy atom. The molecule has 324 valence electrons. The topological polar surface area (TPSA) is 234 Å². The van der Waals surface area contributed by atoms with Crippen molar-refractivity contribution in [3.05, 3.63) is 12.2 Å². The van der Waals surface area contributed by atoms with Crippen molar-refractivity contribution in [3.63, 3.8) is 0 Å². The molecule has 0 aliphatic carbocycles. The Balaban J connectivity index is 3.66. The zero-order valence-corrected chi connectivity index (χ0v) is 33.6. The summed E-state index contributed by atoms with van der Waals surface area (Å²) in [6.45, 7) is 7.73. The minimum absolute atomic E-state index is 0.0199. The van der Waals surface area contributed by atoms with Crippen LogP contribution in [-0.4, -0.2) is 125 Å². The largest absolute Gasteiger partial charge is 0.480 e. The molecule has 4 amide bonds. The first-order chi connectivity index (χ1) is 26.9. The second kappa shape index (κ2) is 37.1. The minimum atomic E-state index is -1.54. The number of hydrogen-bond acceptors (Lipinski definition) is 11. The van der Waals surface area contributed by atoms with Crippen LogP contribution in [0.2, 0.25) is 0 Å². The number of aliphatic carboxylic acids is 1. The van der Waals surface area contributed by atoms with Crippen molar-refractivity contribution in [1.82, 2.24) is 21.3 Å². The van der Waals surface area contributed by atoms with E-state index in [0.717, 1.165) is 25.7 Å². The molecular weight excluding hydrogens is 733 g/mol. The number of ether oxygens (including phenoxy) is 4. The van der Waals surface area contributed by atoms with Gasteiger partial charge in [0.05, 0.1) is 45.7 Å². The summed E-state index contributed by atoms with van der Waals surface area (Å²) in [5.41, 5.74) is 6.54. The van der Waals surface area contributed by atoms with Gasteiger partial charge >= 0.3 is 12.0 Å². The van der Waals surface area contributed by atoms with E-state index in [4.69, 9.17) is 24.7 Å². The molecule has 16 nitrogen and oxygen atoms in total. The number of nitrogens with one attached hydrogen (secondary N) is 4. The molecule has 56 heavy (non-hydrogen) atoms. The van der Waals surface area contributed by atoms with Gasteiger partial charge in [0.15, 0.2) is 0 Å². The fraction of sp³-hybridized carbons (Fsp3) is 0.795. The summed E-state index contributed by atoms with van der Waals surface area (Å²) < 4.78 is 33.5. The highest BCUT2D eigenvalue weighted by Crippen LogP contribution is 2.13. The molecule has 0 aliphatic heterocycles. The van der Waals surface area contributed by atoms with E-state index in [2.05, 4.69) is 34.8 Å². The van der Waals surface area contributed by atoms with Crippen molar-refractivity contribution in [2.75, 3.05) is 72.5 Å². The summed E-state index contributed by atoms with van der Waals surface area (Å²) in [7, 11) is 0. The van der Waals surface area contributed by atoms with Crippen LogP contribution >= 0.6 is 0 Å². The average Bonchev–Trinajstić information content (AvgIpc) is 3.15. The Bertz CT molecular complexity index is 1120. The lowest BCUT2D eigenvalue weighted by Gasteiger charge is -2.14. The van der Waals surface area contributed by atoms with E-state index in [1.54, 1.807) is 0 Å². The van der Waals surface area contributed by atoms with E-state index >= 15 is 0 Å². The smallest absolute Gasteiger partial charge is 0.326 e. The molecule has 0 aromatic rings. The van der Waals surface area contributed by atoms with Crippen LogP contribution in [0.25, 0.3) is 0 Å². The first kappa shape index (κ1) is 52.5. The normalized spacial score (nSPS) is 12.1. The number of halogens is 1. The van der Waals surface area contributed by atoms with Crippen molar-refractivity contribution in [2.24, 2.45) is 5.73 Å². The Morgan fingerprint density at radius 3 is 1.54 bits per heavy atom. The molecule has 0 spiro atoms. The molecule has 0 fully saturated rings. The third-order valence-electron chi connectivity index (χ3n) is 8.45. The maximum absolute atomic E-state index is 12.4. The van der Waals surface area contributed by atoms with Crippen LogP contribution in [0.1, 0.15) is 116 Å². The van der Waals surface area contributed by atoms with E-state index in [0.29, 0.717) is 25.8 Å². The van der Waals surface area contributed by atoms with Crippen molar-refractivity contribution < 1.29 is 57.2 Å². The Morgan fingerprint density at radius 1 is 0.571 bits per heavy atom. The number of carbonyl (C=O) groups excluding carboxylic acids is 5. The van der Waals surface area contributed by atoms with Gasteiger partial charge in [0.1, 0.15) is 19.3 Å². The number of carboxylic acid groups (broad SMARTS) is 1. The standard InChI is InChI=1S/C39H70FN5O11/c1-31(2)15-11-9-7-5-3-4-6-8-10-12-17-35(47)45-33(39(51)52)18-19-34(46)43-21-23-53-25-28-56-30-37(49)44-22-24-54-26-27-55-29-36(48)42-20-14-13-16-32(41)38(40)50/h32-33H,1,3-30,41H2,2H3,(H,42,48)(H,43,46)(H,44,49)(H,45,47)(H,51,52). The summed E-state index contributed by atoms with van der Waals surface area (Å²) in [4.78, 5) is 70.0. The van der Waals surface area contributed by atoms with Crippen LogP contribution in [0.4, 0.5) is 4.39 Å². The fourth-order valence-electron chi connectivity index (χ4n) is 5.24. The van der Waals surface area contributed by atoms with Crippen LogP contribution in [0.5, 0.6) is 0 Å². The second-order valence-corrected chi connectivity index (χ2v) is 13.8. The molecule has 0 aliphatic rings. The van der Waals surface area contributed by atoms with Crippen molar-refractivity contribution in [3.8, 4) is 0 Å². The molecule has 0 bridgehead atoms. The van der Waals surface area contributed by atoms with Gasteiger partial charge in [-0.05, 0) is 51.9 Å². The second-order valence-electron chi connectivity index (χ2n) is 13.8. The molecule has 0 saturated heterocycles. The highest BCUT2D eigenvalue weighted by atomic mass is 19.1. The molecule has 7 N–H and O–H groups in total. The molecular formula is C39H70FN5O11. The van der Waals surface area contributed by atoms with Gasteiger partial charge in [-0.15, -0.1) is 6.58 Å². The van der Waals surface area contributed by atoms with Crippen LogP contribution in [0.3, 0.4) is 0 Å². The number of hydrogen-bond donors (Lipinski definition) is 6. The Labute approximate surface area is 332 Å². The van der Waals surface area contributed by atoms with Gasteiger partial charge in [0.25, 0.3) is 0 Å². The highest BCUT2D eigenvalue weighted by Gasteiger charge is 2.21. The maximum Gasteiger partial charge on any atom is 0.326 e. The lowest BCUT2D eigenvalue weighted by molar-refractivity contribution is -0.142. The summed E-state index contributed by atoms with van der Waals surface area (Å²) in [6, 6.07) is -3.79.